The Morgan fingerprint density at radius 2 is 1.80 bits per heavy atom. The minimum absolute atomic E-state index is 0.841. The molecule has 0 aliphatic rings. The van der Waals surface area contributed by atoms with E-state index in [2.05, 4.69) is 0 Å². The number of hydrogen-bond acceptors (Lipinski definition) is 4. The lowest BCUT2D eigenvalue weighted by molar-refractivity contribution is -0.151. The number of nitrogens with one attached hydrogen (secondary N) is 1. The average Bonchev–Trinajstić information content (AvgIpc) is 1.87. The van der Waals surface area contributed by atoms with E-state index in [-0.39, 0.29) is 0 Å². The number of carboxylic acids is 1. The van der Waals surface area contributed by atoms with E-state index in [0.717, 1.165) is 5.48 Å². The van der Waals surface area contributed by atoms with Crippen LogP contribution in [0.15, 0.2) is 0 Å². The lowest BCUT2D eigenvalue weighted by Gasteiger charge is -1.91. The van der Waals surface area contributed by atoms with Crippen LogP contribution >= 0.6 is 0 Å². The second-order valence-electron chi connectivity index (χ2n) is 1.44. The van der Waals surface area contributed by atoms with Crippen molar-refractivity contribution < 1.29 is 24.7 Å². The number of amides is 1. The van der Waals surface area contributed by atoms with Gasteiger partial charge in [-0.1, -0.05) is 0 Å². The van der Waals surface area contributed by atoms with E-state index in [1.807, 2.05) is 0 Å². The third-order valence-corrected chi connectivity index (χ3v) is 0.684. The molecule has 0 heterocycles. The SMILES string of the molecule is O=C(CC(=O)C(=O)O)NO. The first-order valence-electron chi connectivity index (χ1n) is 2.27. The molecule has 1 amide bonds. The summed E-state index contributed by atoms with van der Waals surface area (Å²) < 4.78 is 0. The first-order valence-corrected chi connectivity index (χ1v) is 2.27. The number of hydroxylamine groups is 1. The maximum atomic E-state index is 10.1. The minimum Gasteiger partial charge on any atom is -0.475 e. The summed E-state index contributed by atoms with van der Waals surface area (Å²) in [5.74, 6) is -3.98. The smallest absolute Gasteiger partial charge is 0.372 e. The normalized spacial score (nSPS) is 8.50. The van der Waals surface area contributed by atoms with E-state index in [9.17, 15) is 14.4 Å². The van der Waals surface area contributed by atoms with E-state index in [4.69, 9.17) is 10.3 Å². The van der Waals surface area contributed by atoms with Crippen molar-refractivity contribution in [2.45, 2.75) is 6.42 Å². The number of ketones is 1. The molecule has 0 aromatic heterocycles. The summed E-state index contributed by atoms with van der Waals surface area (Å²) in [5, 5.41) is 15.7. The Bertz CT molecular complexity index is 174. The second kappa shape index (κ2) is 3.57. The zero-order valence-corrected chi connectivity index (χ0v) is 4.83. The molecule has 0 bridgehead atoms. The van der Waals surface area contributed by atoms with Gasteiger partial charge in [-0.15, -0.1) is 0 Å². The van der Waals surface area contributed by atoms with Gasteiger partial charge < -0.3 is 5.11 Å². The maximum Gasteiger partial charge on any atom is 0.372 e. The molecule has 10 heavy (non-hydrogen) atoms. The van der Waals surface area contributed by atoms with Crippen LogP contribution in [-0.2, 0) is 14.4 Å². The molecule has 0 saturated heterocycles. The molecule has 0 atom stereocenters. The van der Waals surface area contributed by atoms with Crippen molar-refractivity contribution in [1.82, 2.24) is 5.48 Å². The molecule has 3 N–H and O–H groups in total. The second-order valence-corrected chi connectivity index (χ2v) is 1.44. The van der Waals surface area contributed by atoms with Crippen LogP contribution in [0.2, 0.25) is 0 Å². The van der Waals surface area contributed by atoms with Crippen molar-refractivity contribution >= 4 is 17.7 Å². The van der Waals surface area contributed by atoms with Crippen LogP contribution in [0.3, 0.4) is 0 Å². The summed E-state index contributed by atoms with van der Waals surface area (Å²) in [6.45, 7) is 0. The van der Waals surface area contributed by atoms with Gasteiger partial charge in [0.15, 0.2) is 0 Å². The number of rotatable bonds is 3. The van der Waals surface area contributed by atoms with E-state index >= 15 is 0 Å². The molecule has 0 rings (SSSR count). The lowest BCUT2D eigenvalue weighted by atomic mass is 10.3. The van der Waals surface area contributed by atoms with Crippen LogP contribution in [0.1, 0.15) is 6.42 Å². The Hall–Kier alpha value is -1.43. The Labute approximate surface area is 55.4 Å². The van der Waals surface area contributed by atoms with Crippen LogP contribution in [0, 0.1) is 0 Å². The van der Waals surface area contributed by atoms with Crippen molar-refractivity contribution in [1.29, 1.82) is 0 Å². The first-order chi connectivity index (χ1) is 4.57. The zero-order valence-electron chi connectivity index (χ0n) is 4.83. The predicted molar refractivity (Wildman–Crippen MR) is 27.2 cm³/mol. The average molecular weight is 147 g/mol. The van der Waals surface area contributed by atoms with Crippen LogP contribution < -0.4 is 5.48 Å². The molecule has 0 spiro atoms. The summed E-state index contributed by atoms with van der Waals surface area (Å²) >= 11 is 0. The highest BCUT2D eigenvalue weighted by Gasteiger charge is 2.15. The van der Waals surface area contributed by atoms with Crippen LogP contribution in [-0.4, -0.2) is 28.0 Å². The van der Waals surface area contributed by atoms with Crippen LogP contribution in [0.4, 0.5) is 0 Å². The summed E-state index contributed by atoms with van der Waals surface area (Å²) in [6, 6.07) is 0. The summed E-state index contributed by atoms with van der Waals surface area (Å²) in [7, 11) is 0. The van der Waals surface area contributed by atoms with Gasteiger partial charge in [-0.2, -0.15) is 0 Å². The molecular formula is C4H5NO5. The van der Waals surface area contributed by atoms with Gasteiger partial charge in [-0.3, -0.25) is 14.8 Å². The molecule has 0 aliphatic heterocycles. The van der Waals surface area contributed by atoms with Gasteiger partial charge in [0, 0.05) is 0 Å². The largest absolute Gasteiger partial charge is 0.475 e. The fraction of sp³-hybridized carbons (Fsp3) is 0.250. The van der Waals surface area contributed by atoms with E-state index in [0.29, 0.717) is 0 Å². The molecule has 0 aliphatic carbocycles. The zero-order chi connectivity index (χ0) is 8.15. The third kappa shape index (κ3) is 2.78. The fourth-order valence-electron chi connectivity index (χ4n) is 0.261. The Balaban J connectivity index is 3.80. The van der Waals surface area contributed by atoms with Crippen molar-refractivity contribution in [2.24, 2.45) is 0 Å². The number of carboxylic acid groups (broad SMARTS) is 1. The lowest BCUT2D eigenvalue weighted by Crippen LogP contribution is -2.25. The van der Waals surface area contributed by atoms with Crippen molar-refractivity contribution in [3.8, 4) is 0 Å². The Kier molecular flexibility index (Phi) is 3.06. The number of aliphatic carboxylic acids is 1. The molecule has 0 radical (unpaired) electrons. The van der Waals surface area contributed by atoms with Crippen molar-refractivity contribution in [2.75, 3.05) is 0 Å². The van der Waals surface area contributed by atoms with Gasteiger partial charge in [0.05, 0.1) is 6.42 Å². The van der Waals surface area contributed by atoms with Crippen molar-refractivity contribution in [3.63, 3.8) is 0 Å². The maximum absolute atomic E-state index is 10.1. The Morgan fingerprint density at radius 1 is 1.30 bits per heavy atom. The molecular weight excluding hydrogens is 142 g/mol. The molecule has 0 unspecified atom stereocenters. The molecule has 0 aromatic rings. The summed E-state index contributed by atoms with van der Waals surface area (Å²) in [6.07, 6.45) is -0.841. The first kappa shape index (κ1) is 8.57. The third-order valence-electron chi connectivity index (χ3n) is 0.684. The van der Waals surface area contributed by atoms with Crippen molar-refractivity contribution in [3.05, 3.63) is 0 Å². The minimum atomic E-state index is -1.69. The highest BCUT2D eigenvalue weighted by atomic mass is 16.5. The number of carbonyl (C=O) groups is 3. The van der Waals surface area contributed by atoms with E-state index in [1.54, 1.807) is 0 Å². The number of hydrogen-bond donors (Lipinski definition) is 3. The van der Waals surface area contributed by atoms with Gasteiger partial charge in [0.1, 0.15) is 0 Å². The molecule has 0 saturated carbocycles. The summed E-state index contributed by atoms with van der Waals surface area (Å²) in [4.78, 5) is 30.0. The molecule has 6 heteroatoms. The van der Waals surface area contributed by atoms with E-state index in [1.165, 1.54) is 0 Å². The quantitative estimate of drug-likeness (QED) is 0.196. The van der Waals surface area contributed by atoms with Crippen LogP contribution in [0.25, 0.3) is 0 Å². The monoisotopic (exact) mass is 147 g/mol. The van der Waals surface area contributed by atoms with Gasteiger partial charge in [0.2, 0.25) is 5.78 Å². The summed E-state index contributed by atoms with van der Waals surface area (Å²) in [5.41, 5.74) is 1.13. The number of carbonyl (C=O) groups excluding carboxylic acids is 2. The topological polar surface area (TPSA) is 104 Å². The van der Waals surface area contributed by atoms with Gasteiger partial charge in [0.25, 0.3) is 5.91 Å². The van der Waals surface area contributed by atoms with E-state index < -0.39 is 24.1 Å². The number of Topliss-reactive ketones (excluding diaryl/α,β-unsaturated/α-hetero) is 1. The predicted octanol–water partition coefficient (Wildman–Crippen LogP) is -1.46. The van der Waals surface area contributed by atoms with Gasteiger partial charge >= 0.3 is 5.97 Å². The van der Waals surface area contributed by atoms with Gasteiger partial charge in [-0.05, 0) is 0 Å². The highest BCUT2D eigenvalue weighted by molar-refractivity contribution is 6.36. The standard InChI is InChI=1S/C4H5NO5/c6-2(4(8)9)1-3(7)5-10/h10H,1H2,(H,5,7)(H,8,9). The molecule has 56 valence electrons. The molecule has 0 fully saturated rings. The highest BCUT2D eigenvalue weighted by Crippen LogP contribution is 1.81. The van der Waals surface area contributed by atoms with Gasteiger partial charge in [-0.25, -0.2) is 10.3 Å². The molecule has 6 nitrogen and oxygen atoms in total. The fourth-order valence-corrected chi connectivity index (χ4v) is 0.261. The van der Waals surface area contributed by atoms with Crippen LogP contribution in [0.5, 0.6) is 0 Å². The molecule has 0 aromatic carbocycles. The Morgan fingerprint density at radius 3 is 2.10 bits per heavy atom.